The van der Waals surface area contributed by atoms with E-state index in [0.29, 0.717) is 6.04 Å². The van der Waals surface area contributed by atoms with Crippen LogP contribution in [0.4, 0.5) is 0 Å². The van der Waals surface area contributed by atoms with Crippen molar-refractivity contribution in [3.63, 3.8) is 0 Å². The molecule has 2 nitrogen and oxygen atoms in total. The molecule has 1 aliphatic carbocycles. The average Bonchev–Trinajstić information content (AvgIpc) is 3.00. The summed E-state index contributed by atoms with van der Waals surface area (Å²) in [5.74, 6) is 1.01. The van der Waals surface area contributed by atoms with E-state index in [1.54, 1.807) is 0 Å². The zero-order chi connectivity index (χ0) is 10.9. The number of nitrogens with one attached hydrogen (secondary N) is 1. The predicted octanol–water partition coefficient (Wildman–Crippen LogP) is 2.97. The summed E-state index contributed by atoms with van der Waals surface area (Å²) >= 11 is 0. The van der Waals surface area contributed by atoms with Crippen LogP contribution in [0.2, 0.25) is 0 Å². The maximum atomic E-state index is 5.61. The average molecular weight is 213 g/mol. The predicted molar refractivity (Wildman–Crippen MR) is 65.1 cm³/mol. The van der Waals surface area contributed by atoms with Gasteiger partial charge in [0.15, 0.2) is 0 Å². The first kappa shape index (κ1) is 13.0. The van der Waals surface area contributed by atoms with E-state index in [-0.39, 0.29) is 0 Å². The van der Waals surface area contributed by atoms with E-state index in [1.165, 1.54) is 38.5 Å². The summed E-state index contributed by atoms with van der Waals surface area (Å²) in [5.41, 5.74) is 0. The molecule has 1 N–H and O–H groups in total. The number of hydrogen-bond acceptors (Lipinski definition) is 2. The Labute approximate surface area is 94.8 Å². The molecule has 0 aromatic rings. The van der Waals surface area contributed by atoms with Gasteiger partial charge in [-0.05, 0) is 45.1 Å². The molecule has 2 heteroatoms. The molecule has 1 fully saturated rings. The van der Waals surface area contributed by atoms with Gasteiger partial charge in [0.05, 0.1) is 0 Å². The highest BCUT2D eigenvalue weighted by Crippen LogP contribution is 2.32. The van der Waals surface area contributed by atoms with Crippen LogP contribution in [-0.4, -0.2) is 25.8 Å². The van der Waals surface area contributed by atoms with Crippen molar-refractivity contribution >= 4 is 0 Å². The zero-order valence-corrected chi connectivity index (χ0v) is 10.4. The normalized spacial score (nSPS) is 18.0. The van der Waals surface area contributed by atoms with Crippen molar-refractivity contribution in [1.82, 2.24) is 5.32 Å². The third kappa shape index (κ3) is 7.80. The van der Waals surface area contributed by atoms with Gasteiger partial charge in [-0.1, -0.05) is 19.8 Å². The summed E-state index contributed by atoms with van der Waals surface area (Å²) in [6.07, 6.45) is 7.98. The maximum Gasteiger partial charge on any atom is 0.0468 e. The van der Waals surface area contributed by atoms with E-state index >= 15 is 0 Å². The second-order valence-electron chi connectivity index (χ2n) is 4.80. The van der Waals surface area contributed by atoms with Crippen molar-refractivity contribution in [3.8, 4) is 0 Å². The Morgan fingerprint density at radius 2 is 2.07 bits per heavy atom. The smallest absolute Gasteiger partial charge is 0.0468 e. The van der Waals surface area contributed by atoms with Crippen molar-refractivity contribution in [3.05, 3.63) is 0 Å². The maximum absolute atomic E-state index is 5.61. The van der Waals surface area contributed by atoms with Crippen molar-refractivity contribution < 1.29 is 4.74 Å². The fourth-order valence-electron chi connectivity index (χ4n) is 1.86. The highest BCUT2D eigenvalue weighted by Gasteiger charge is 2.20. The first-order chi connectivity index (χ1) is 7.33. The molecule has 1 unspecified atom stereocenters. The molecule has 90 valence electrons. The molecule has 0 heterocycles. The standard InChI is InChI=1S/C13H27NO/c1-3-14-12(2)6-4-5-10-15-11-9-13-7-8-13/h12-14H,3-11H2,1-2H3. The van der Waals surface area contributed by atoms with E-state index in [4.69, 9.17) is 4.74 Å². The lowest BCUT2D eigenvalue weighted by molar-refractivity contribution is 0.123. The fourth-order valence-corrected chi connectivity index (χ4v) is 1.86. The molecule has 0 aromatic carbocycles. The van der Waals surface area contributed by atoms with E-state index in [2.05, 4.69) is 19.2 Å². The van der Waals surface area contributed by atoms with Crippen LogP contribution in [-0.2, 0) is 4.74 Å². The van der Waals surface area contributed by atoms with Crippen LogP contribution < -0.4 is 5.32 Å². The van der Waals surface area contributed by atoms with Crippen LogP contribution in [0.25, 0.3) is 0 Å². The van der Waals surface area contributed by atoms with Gasteiger partial charge in [-0.15, -0.1) is 0 Å². The summed E-state index contributed by atoms with van der Waals surface area (Å²) in [6.45, 7) is 7.47. The Bertz CT molecular complexity index is 145. The highest BCUT2D eigenvalue weighted by atomic mass is 16.5. The molecule has 0 saturated heterocycles. The molecule has 0 spiro atoms. The Balaban J connectivity index is 1.72. The largest absolute Gasteiger partial charge is 0.381 e. The first-order valence-corrected chi connectivity index (χ1v) is 6.64. The second-order valence-corrected chi connectivity index (χ2v) is 4.80. The highest BCUT2D eigenvalue weighted by molar-refractivity contribution is 4.72. The molecule has 0 bridgehead atoms. The van der Waals surface area contributed by atoms with Gasteiger partial charge in [0.1, 0.15) is 0 Å². The lowest BCUT2D eigenvalue weighted by Crippen LogP contribution is -2.25. The Kier molecular flexibility index (Phi) is 7.03. The quantitative estimate of drug-likeness (QED) is 0.563. The second kappa shape index (κ2) is 8.12. The van der Waals surface area contributed by atoms with Crippen LogP contribution >= 0.6 is 0 Å². The van der Waals surface area contributed by atoms with E-state index in [1.807, 2.05) is 0 Å². The number of rotatable bonds is 10. The van der Waals surface area contributed by atoms with E-state index < -0.39 is 0 Å². The number of unbranched alkanes of at least 4 members (excludes halogenated alkanes) is 1. The van der Waals surface area contributed by atoms with E-state index in [9.17, 15) is 0 Å². The molecular formula is C13H27NO. The summed E-state index contributed by atoms with van der Waals surface area (Å²) in [4.78, 5) is 0. The summed E-state index contributed by atoms with van der Waals surface area (Å²) in [5, 5.41) is 3.43. The molecule has 0 aliphatic heterocycles. The number of ether oxygens (including phenoxy) is 1. The molecule has 0 radical (unpaired) electrons. The van der Waals surface area contributed by atoms with Gasteiger partial charge < -0.3 is 10.1 Å². The van der Waals surface area contributed by atoms with Gasteiger partial charge >= 0.3 is 0 Å². The van der Waals surface area contributed by atoms with E-state index in [0.717, 1.165) is 25.7 Å². The molecule has 1 atom stereocenters. The first-order valence-electron chi connectivity index (χ1n) is 6.64. The fraction of sp³-hybridized carbons (Fsp3) is 1.00. The van der Waals surface area contributed by atoms with Gasteiger partial charge in [0.25, 0.3) is 0 Å². The SMILES string of the molecule is CCNC(C)CCCCOCCC1CC1. The Hall–Kier alpha value is -0.0800. The molecule has 15 heavy (non-hydrogen) atoms. The molecule has 1 saturated carbocycles. The van der Waals surface area contributed by atoms with Gasteiger partial charge in [0.2, 0.25) is 0 Å². The minimum absolute atomic E-state index is 0.668. The zero-order valence-electron chi connectivity index (χ0n) is 10.4. The topological polar surface area (TPSA) is 21.3 Å². The van der Waals surface area contributed by atoms with Crippen LogP contribution in [0.15, 0.2) is 0 Å². The van der Waals surface area contributed by atoms with Gasteiger partial charge in [-0.25, -0.2) is 0 Å². The lowest BCUT2D eigenvalue weighted by Gasteiger charge is -2.11. The van der Waals surface area contributed by atoms with Crippen LogP contribution in [0.1, 0.15) is 52.4 Å². The lowest BCUT2D eigenvalue weighted by atomic mass is 10.1. The molecule has 1 rings (SSSR count). The molecule has 1 aliphatic rings. The van der Waals surface area contributed by atoms with Crippen molar-refractivity contribution in [1.29, 1.82) is 0 Å². The van der Waals surface area contributed by atoms with Crippen LogP contribution in [0.5, 0.6) is 0 Å². The van der Waals surface area contributed by atoms with Crippen LogP contribution in [0.3, 0.4) is 0 Å². The Morgan fingerprint density at radius 3 is 2.73 bits per heavy atom. The summed E-state index contributed by atoms with van der Waals surface area (Å²) in [6, 6.07) is 0.668. The van der Waals surface area contributed by atoms with Gasteiger partial charge in [0, 0.05) is 19.3 Å². The molecule has 0 aromatic heterocycles. The minimum Gasteiger partial charge on any atom is -0.381 e. The third-order valence-corrected chi connectivity index (χ3v) is 3.10. The molecule has 0 amide bonds. The van der Waals surface area contributed by atoms with Crippen molar-refractivity contribution in [2.75, 3.05) is 19.8 Å². The van der Waals surface area contributed by atoms with Crippen molar-refractivity contribution in [2.45, 2.75) is 58.4 Å². The summed E-state index contributed by atoms with van der Waals surface area (Å²) in [7, 11) is 0. The van der Waals surface area contributed by atoms with Gasteiger partial charge in [-0.2, -0.15) is 0 Å². The molecular weight excluding hydrogens is 186 g/mol. The number of hydrogen-bond donors (Lipinski definition) is 1. The summed E-state index contributed by atoms with van der Waals surface area (Å²) < 4.78 is 5.61. The van der Waals surface area contributed by atoms with Gasteiger partial charge in [-0.3, -0.25) is 0 Å². The monoisotopic (exact) mass is 213 g/mol. The Morgan fingerprint density at radius 1 is 1.27 bits per heavy atom. The van der Waals surface area contributed by atoms with Crippen LogP contribution in [0, 0.1) is 5.92 Å². The van der Waals surface area contributed by atoms with Crippen molar-refractivity contribution in [2.24, 2.45) is 5.92 Å². The third-order valence-electron chi connectivity index (χ3n) is 3.10. The minimum atomic E-state index is 0.668.